The second kappa shape index (κ2) is 35.3. The molecule has 1 heterocycles. The Morgan fingerprint density at radius 1 is 0.523 bits per heavy atom. The number of hydrogen-bond donors (Lipinski definition) is 17. The van der Waals surface area contributed by atoms with Gasteiger partial charge in [-0.3, -0.25) is 76.7 Å². The van der Waals surface area contributed by atoms with Crippen molar-refractivity contribution in [3.63, 3.8) is 0 Å². The third kappa shape index (κ3) is 25.3. The summed E-state index contributed by atoms with van der Waals surface area (Å²) in [4.78, 5) is 216. The molecular weight excluding hydrogens is 1150 g/mol. The predicted molar refractivity (Wildman–Crippen MR) is 289 cm³/mol. The van der Waals surface area contributed by atoms with Crippen molar-refractivity contribution in [1.29, 1.82) is 0 Å². The largest absolute Gasteiger partial charge is 0.481 e. The molecule has 0 unspecified atom stereocenters. The lowest BCUT2D eigenvalue weighted by Crippen LogP contribution is -2.61. The van der Waals surface area contributed by atoms with Crippen LogP contribution in [0.1, 0.15) is 91.0 Å². The third-order valence-electron chi connectivity index (χ3n) is 12.9. The van der Waals surface area contributed by atoms with Crippen molar-refractivity contribution in [2.45, 2.75) is 152 Å². The van der Waals surface area contributed by atoms with Gasteiger partial charge in [-0.05, 0) is 44.6 Å². The van der Waals surface area contributed by atoms with E-state index in [-0.39, 0.29) is 32.2 Å². The molecule has 1 saturated heterocycles. The Balaban J connectivity index is 2.24. The first-order chi connectivity index (χ1) is 40.2. The minimum Gasteiger partial charge on any atom is -0.481 e. The van der Waals surface area contributed by atoms with Crippen molar-refractivity contribution in [3.05, 3.63) is 35.9 Å². The van der Waals surface area contributed by atoms with E-state index < -0.39 is 219 Å². The highest BCUT2D eigenvalue weighted by molar-refractivity contribution is 6.00. The molecule has 0 spiro atoms. The Morgan fingerprint density at radius 3 is 1.51 bits per heavy atom. The van der Waals surface area contributed by atoms with Crippen LogP contribution < -0.4 is 58.9 Å². The van der Waals surface area contributed by atoms with E-state index in [0.717, 1.165) is 4.90 Å². The van der Waals surface area contributed by atoms with Crippen LogP contribution in [-0.4, -0.2) is 216 Å². The lowest BCUT2D eigenvalue weighted by molar-refractivity contribution is -0.145. The Kier molecular flexibility index (Phi) is 29.7. The summed E-state index contributed by atoms with van der Waals surface area (Å²) in [5, 5.41) is 78.0. The summed E-state index contributed by atoms with van der Waals surface area (Å²) in [6.07, 6.45) is -4.86. The number of likely N-dealkylation sites (tertiary alicyclic amines) is 1. The van der Waals surface area contributed by atoms with Gasteiger partial charge in [-0.25, -0.2) is 4.79 Å². The zero-order valence-electron chi connectivity index (χ0n) is 47.1. The fourth-order valence-electron chi connectivity index (χ4n) is 8.19. The maximum atomic E-state index is 14.0. The number of amides is 11. The van der Waals surface area contributed by atoms with Crippen LogP contribution in [-0.2, 0) is 87.9 Å². The summed E-state index contributed by atoms with van der Waals surface area (Å²) in [6.45, 7) is 3.54. The van der Waals surface area contributed by atoms with E-state index in [1.807, 2.05) is 16.0 Å². The first-order valence-electron chi connectivity index (χ1n) is 26.6. The third-order valence-corrected chi connectivity index (χ3v) is 12.9. The molecule has 2 rings (SSSR count). The highest BCUT2D eigenvalue weighted by Gasteiger charge is 2.40. The molecule has 11 atom stereocenters. The van der Waals surface area contributed by atoms with Crippen molar-refractivity contribution in [1.82, 2.24) is 58.1 Å². The molecule has 1 aromatic carbocycles. The molecule has 1 aliphatic rings. The van der Waals surface area contributed by atoms with Crippen molar-refractivity contribution in [3.8, 4) is 0 Å². The van der Waals surface area contributed by atoms with Crippen LogP contribution in [0.25, 0.3) is 0 Å². The van der Waals surface area contributed by atoms with E-state index in [9.17, 15) is 102 Å². The second-order valence-electron chi connectivity index (χ2n) is 19.8. The van der Waals surface area contributed by atoms with Crippen molar-refractivity contribution < 1.29 is 112 Å². The number of hydrogen-bond acceptors (Lipinski definition) is 18. The van der Waals surface area contributed by atoms with Crippen LogP contribution in [0, 0.1) is 5.92 Å². The van der Waals surface area contributed by atoms with Crippen LogP contribution in [0.2, 0.25) is 0 Å². The van der Waals surface area contributed by atoms with Gasteiger partial charge in [0.25, 0.3) is 0 Å². The number of nitrogens with one attached hydrogen (secondary N) is 10. The highest BCUT2D eigenvalue weighted by atomic mass is 16.4. The summed E-state index contributed by atoms with van der Waals surface area (Å²) in [5.74, 6) is -22.0. The van der Waals surface area contributed by atoms with E-state index in [1.54, 1.807) is 37.3 Å². The van der Waals surface area contributed by atoms with E-state index in [2.05, 4.69) is 37.2 Å². The fraction of sp³-hybridized carbons (Fsp3) is 0.549. The van der Waals surface area contributed by atoms with E-state index in [4.69, 9.17) is 15.9 Å². The number of carboxylic acid groups (broad SMARTS) is 6. The molecule has 0 aromatic heterocycles. The SMILES string of the molecule is CC[C@H](C)[C@H](NC(=O)[C@H](C)NC(=O)[C@H](Cc1ccccc1)NC(=O)[C@H](CC(=O)O)NC(=O)CNC(=O)[C@H](CC(=O)O)NC(=O)CNC(=O)[C@@H](N)CC(=O)O)C(=O)N[C@@H](CC(=O)O)C(=O)N[C@@H](C)C(=O)N1CCC[C@H]1C(=O)N[C@@H](CCC(=O)O)C(=O)O. The van der Waals surface area contributed by atoms with Gasteiger partial charge in [-0.15, -0.1) is 0 Å². The maximum Gasteiger partial charge on any atom is 0.326 e. The molecule has 11 amide bonds. The van der Waals surface area contributed by atoms with Crippen LogP contribution in [0.3, 0.4) is 0 Å². The molecule has 1 fully saturated rings. The van der Waals surface area contributed by atoms with Gasteiger partial charge in [-0.1, -0.05) is 50.6 Å². The highest BCUT2D eigenvalue weighted by Crippen LogP contribution is 2.20. The Bertz CT molecular complexity index is 2710. The monoisotopic (exact) mass is 1220 g/mol. The Labute approximate surface area is 489 Å². The van der Waals surface area contributed by atoms with Gasteiger partial charge in [-0.2, -0.15) is 0 Å². The van der Waals surface area contributed by atoms with Crippen LogP contribution in [0.5, 0.6) is 0 Å². The molecule has 35 nitrogen and oxygen atoms in total. The number of rotatable bonds is 37. The van der Waals surface area contributed by atoms with Crippen LogP contribution >= 0.6 is 0 Å². The molecule has 18 N–H and O–H groups in total. The van der Waals surface area contributed by atoms with E-state index >= 15 is 0 Å². The van der Waals surface area contributed by atoms with Crippen LogP contribution in [0.15, 0.2) is 30.3 Å². The van der Waals surface area contributed by atoms with Gasteiger partial charge in [0.15, 0.2) is 0 Å². The van der Waals surface area contributed by atoms with Gasteiger partial charge < -0.3 is 94.4 Å². The number of benzene rings is 1. The summed E-state index contributed by atoms with van der Waals surface area (Å²) < 4.78 is 0. The lowest BCUT2D eigenvalue weighted by Gasteiger charge is -2.30. The first-order valence-corrected chi connectivity index (χ1v) is 26.6. The summed E-state index contributed by atoms with van der Waals surface area (Å²) in [6, 6.07) is -8.47. The fourth-order valence-corrected chi connectivity index (χ4v) is 8.19. The Hall–Kier alpha value is -9.83. The summed E-state index contributed by atoms with van der Waals surface area (Å²) in [7, 11) is 0. The lowest BCUT2D eigenvalue weighted by atomic mass is 9.97. The number of aliphatic carboxylic acids is 6. The number of carbonyl (C=O) groups excluding carboxylic acids is 11. The molecule has 0 radical (unpaired) electrons. The van der Waals surface area contributed by atoms with Crippen molar-refractivity contribution in [2.75, 3.05) is 19.6 Å². The quantitative estimate of drug-likeness (QED) is 0.0295. The van der Waals surface area contributed by atoms with E-state index in [0.29, 0.717) is 5.56 Å². The zero-order chi connectivity index (χ0) is 65.1. The minimum absolute atomic E-state index is 0.0192. The predicted octanol–water partition coefficient (Wildman–Crippen LogP) is -6.41. The van der Waals surface area contributed by atoms with Gasteiger partial charge in [0.1, 0.15) is 54.4 Å². The topological polar surface area (TPSA) is 561 Å². The number of carbonyl (C=O) groups is 17. The van der Waals surface area contributed by atoms with Gasteiger partial charge in [0, 0.05) is 19.4 Å². The maximum absolute atomic E-state index is 14.0. The molecular formula is C51H72N12O23. The summed E-state index contributed by atoms with van der Waals surface area (Å²) >= 11 is 0. The summed E-state index contributed by atoms with van der Waals surface area (Å²) in [5.41, 5.74) is 5.83. The molecule has 35 heteroatoms. The number of nitrogens with zero attached hydrogens (tertiary/aromatic N) is 1. The zero-order valence-corrected chi connectivity index (χ0v) is 47.1. The van der Waals surface area contributed by atoms with Crippen molar-refractivity contribution >= 4 is 101 Å². The van der Waals surface area contributed by atoms with Crippen LogP contribution in [0.4, 0.5) is 0 Å². The molecule has 0 bridgehead atoms. The van der Waals surface area contributed by atoms with Gasteiger partial charge >= 0.3 is 35.8 Å². The molecule has 0 saturated carbocycles. The van der Waals surface area contributed by atoms with Gasteiger partial charge in [0.05, 0.1) is 44.8 Å². The molecule has 1 aromatic rings. The average molecular weight is 1220 g/mol. The molecule has 1 aliphatic heterocycles. The van der Waals surface area contributed by atoms with Crippen molar-refractivity contribution in [2.24, 2.45) is 11.7 Å². The smallest absolute Gasteiger partial charge is 0.326 e. The average Bonchev–Trinajstić information content (AvgIpc) is 3.61. The van der Waals surface area contributed by atoms with E-state index in [1.165, 1.54) is 20.8 Å². The molecule has 0 aliphatic carbocycles. The molecule has 86 heavy (non-hydrogen) atoms. The molecule has 474 valence electrons. The standard InChI is InChI=1S/C51H72N12O23/c1-5-23(2)41(49(83)61-32(20-40(74)75)46(80)56-25(4)50(84)63-15-9-12-33(63)48(82)59-28(51(85)86)13-14-36(66)67)62-42(76)24(3)55-45(79)29(16-26-10-7-6-8-11-26)60-47(81)31(19-39(72)73)58-35(65)22-54-44(78)30(18-38(70)71)57-34(64)21-53-43(77)27(52)17-37(68)69/h6-8,10-11,23-25,27-33,41H,5,9,12-22,52H2,1-4H3,(H,53,77)(H,54,78)(H,55,79)(H,56,80)(H,57,64)(H,58,65)(H,59,82)(H,60,81)(H,61,83)(H,62,76)(H,66,67)(H,68,69)(H,70,71)(H,72,73)(H,74,75)(H,85,86)/t23-,24-,25-,27-,28-,29-,30-,31-,32-,33-,41-/m0/s1. The normalized spacial score (nSPS) is 16.1. The Morgan fingerprint density at radius 2 is 1.00 bits per heavy atom. The number of nitrogens with two attached hydrogens (primary N) is 1. The first kappa shape index (κ1) is 72.3. The second-order valence-corrected chi connectivity index (χ2v) is 19.8. The minimum atomic E-state index is -1.98. The van der Waals surface area contributed by atoms with Gasteiger partial charge in [0.2, 0.25) is 65.0 Å². The number of carboxylic acids is 6.